The molecule has 0 aliphatic rings. The van der Waals surface area contributed by atoms with E-state index in [-0.39, 0.29) is 5.56 Å². The Morgan fingerprint density at radius 3 is 2.89 bits per heavy atom. The van der Waals surface area contributed by atoms with Crippen molar-refractivity contribution < 1.29 is 14.3 Å². The summed E-state index contributed by atoms with van der Waals surface area (Å²) in [6.07, 6.45) is 3.41. The molecule has 98 valence electrons. The molecule has 0 atom stereocenters. The Balaban J connectivity index is 2.20. The van der Waals surface area contributed by atoms with Crippen molar-refractivity contribution in [1.82, 2.24) is 4.98 Å². The maximum absolute atomic E-state index is 13.0. The molecule has 0 amide bonds. The van der Waals surface area contributed by atoms with E-state index in [1.807, 2.05) is 13.0 Å². The van der Waals surface area contributed by atoms with Crippen LogP contribution in [0.1, 0.15) is 21.5 Å². The highest BCUT2D eigenvalue weighted by Gasteiger charge is 2.11. The summed E-state index contributed by atoms with van der Waals surface area (Å²) in [7, 11) is 0. The number of benzene rings is 1. The van der Waals surface area contributed by atoms with Crippen molar-refractivity contribution in [3.8, 4) is 0 Å². The molecule has 0 saturated heterocycles. The molecule has 19 heavy (non-hydrogen) atoms. The Kier molecular flexibility index (Phi) is 3.75. The molecule has 0 fully saturated rings. The molecule has 0 unspecified atom stereocenters. The quantitative estimate of drug-likeness (QED) is 0.887. The van der Waals surface area contributed by atoms with Crippen molar-refractivity contribution in [2.24, 2.45) is 0 Å². The van der Waals surface area contributed by atoms with Gasteiger partial charge in [-0.15, -0.1) is 0 Å². The number of hydrogen-bond acceptors (Lipinski definition) is 3. The summed E-state index contributed by atoms with van der Waals surface area (Å²) in [4.78, 5) is 15.0. The lowest BCUT2D eigenvalue weighted by Gasteiger charge is -2.11. The van der Waals surface area contributed by atoms with Crippen LogP contribution in [0.25, 0.3) is 0 Å². The number of anilines is 1. The summed E-state index contributed by atoms with van der Waals surface area (Å²) in [5.41, 5.74) is 2.33. The number of aryl methyl sites for hydroxylation is 1. The first kappa shape index (κ1) is 13.0. The highest BCUT2D eigenvalue weighted by Crippen LogP contribution is 2.18. The van der Waals surface area contributed by atoms with E-state index in [1.165, 1.54) is 12.1 Å². The van der Waals surface area contributed by atoms with Gasteiger partial charge in [0.2, 0.25) is 0 Å². The van der Waals surface area contributed by atoms with E-state index in [2.05, 4.69) is 10.3 Å². The molecule has 0 radical (unpaired) electrons. The van der Waals surface area contributed by atoms with Crippen molar-refractivity contribution in [2.75, 3.05) is 5.32 Å². The maximum atomic E-state index is 13.0. The standard InChI is InChI=1S/C14H13FN2O2/c1-9-7-16-5-4-10(9)8-17-13-3-2-11(15)6-12(13)14(18)19/h2-7,17H,8H2,1H3,(H,18,19). The first-order valence-corrected chi connectivity index (χ1v) is 5.74. The lowest BCUT2D eigenvalue weighted by Crippen LogP contribution is -2.07. The molecule has 0 aliphatic carbocycles. The Morgan fingerprint density at radius 2 is 2.21 bits per heavy atom. The van der Waals surface area contributed by atoms with Gasteiger partial charge in [0.1, 0.15) is 5.82 Å². The first-order chi connectivity index (χ1) is 9.08. The molecule has 1 aromatic carbocycles. The number of aromatic carboxylic acids is 1. The van der Waals surface area contributed by atoms with Crippen LogP contribution in [0.2, 0.25) is 0 Å². The van der Waals surface area contributed by atoms with Gasteiger partial charge in [-0.25, -0.2) is 9.18 Å². The van der Waals surface area contributed by atoms with Crippen molar-refractivity contribution in [1.29, 1.82) is 0 Å². The fourth-order valence-electron chi connectivity index (χ4n) is 1.74. The van der Waals surface area contributed by atoms with Gasteiger partial charge < -0.3 is 10.4 Å². The molecule has 2 rings (SSSR count). The Labute approximate surface area is 109 Å². The van der Waals surface area contributed by atoms with Crippen LogP contribution in [0, 0.1) is 12.7 Å². The minimum absolute atomic E-state index is 0.0771. The number of aromatic nitrogens is 1. The molecule has 0 aliphatic heterocycles. The van der Waals surface area contributed by atoms with Gasteiger partial charge in [-0.05, 0) is 42.3 Å². The summed E-state index contributed by atoms with van der Waals surface area (Å²) in [5.74, 6) is -1.73. The number of pyridine rings is 1. The van der Waals surface area contributed by atoms with Gasteiger partial charge in [0.15, 0.2) is 0 Å². The van der Waals surface area contributed by atoms with Crippen LogP contribution in [0.3, 0.4) is 0 Å². The highest BCUT2D eigenvalue weighted by atomic mass is 19.1. The van der Waals surface area contributed by atoms with Crippen LogP contribution < -0.4 is 5.32 Å². The Bertz CT molecular complexity index is 614. The van der Waals surface area contributed by atoms with Crippen LogP contribution in [0.15, 0.2) is 36.7 Å². The lowest BCUT2D eigenvalue weighted by molar-refractivity contribution is 0.0697. The minimum atomic E-state index is -1.16. The second-order valence-corrected chi connectivity index (χ2v) is 4.15. The molecular weight excluding hydrogens is 247 g/mol. The largest absolute Gasteiger partial charge is 0.478 e. The summed E-state index contributed by atoms with van der Waals surface area (Å²) in [5, 5.41) is 12.0. The third-order valence-corrected chi connectivity index (χ3v) is 2.82. The van der Waals surface area contributed by atoms with E-state index in [9.17, 15) is 9.18 Å². The maximum Gasteiger partial charge on any atom is 0.337 e. The predicted octanol–water partition coefficient (Wildman–Crippen LogP) is 2.84. The molecule has 2 N–H and O–H groups in total. The number of carboxylic acid groups (broad SMARTS) is 1. The van der Waals surface area contributed by atoms with E-state index in [0.29, 0.717) is 12.2 Å². The topological polar surface area (TPSA) is 62.2 Å². The average molecular weight is 260 g/mol. The van der Waals surface area contributed by atoms with Gasteiger partial charge in [0, 0.05) is 24.6 Å². The minimum Gasteiger partial charge on any atom is -0.478 e. The Morgan fingerprint density at radius 1 is 1.42 bits per heavy atom. The van der Waals surface area contributed by atoms with Crippen molar-refractivity contribution >= 4 is 11.7 Å². The summed E-state index contributed by atoms with van der Waals surface area (Å²) < 4.78 is 13.0. The van der Waals surface area contributed by atoms with Crippen LogP contribution in [-0.4, -0.2) is 16.1 Å². The molecule has 1 aromatic heterocycles. The van der Waals surface area contributed by atoms with E-state index in [0.717, 1.165) is 17.2 Å². The average Bonchev–Trinajstić information content (AvgIpc) is 2.38. The second-order valence-electron chi connectivity index (χ2n) is 4.15. The molecular formula is C14H13FN2O2. The lowest BCUT2D eigenvalue weighted by atomic mass is 10.1. The van der Waals surface area contributed by atoms with Gasteiger partial charge in [-0.2, -0.15) is 0 Å². The van der Waals surface area contributed by atoms with Crippen LogP contribution >= 0.6 is 0 Å². The number of hydrogen-bond donors (Lipinski definition) is 2. The van der Waals surface area contributed by atoms with E-state index in [4.69, 9.17) is 5.11 Å². The van der Waals surface area contributed by atoms with Gasteiger partial charge in [-0.3, -0.25) is 4.98 Å². The number of nitrogens with one attached hydrogen (secondary N) is 1. The number of nitrogens with zero attached hydrogens (tertiary/aromatic N) is 1. The number of halogens is 1. The molecule has 1 heterocycles. The first-order valence-electron chi connectivity index (χ1n) is 5.74. The monoisotopic (exact) mass is 260 g/mol. The summed E-state index contributed by atoms with van der Waals surface area (Å²) in [6.45, 7) is 2.38. The van der Waals surface area contributed by atoms with E-state index < -0.39 is 11.8 Å². The van der Waals surface area contributed by atoms with Gasteiger partial charge in [-0.1, -0.05) is 0 Å². The highest BCUT2D eigenvalue weighted by molar-refractivity contribution is 5.94. The second kappa shape index (κ2) is 5.48. The fourth-order valence-corrected chi connectivity index (χ4v) is 1.74. The van der Waals surface area contributed by atoms with Gasteiger partial charge >= 0.3 is 5.97 Å². The van der Waals surface area contributed by atoms with Gasteiger partial charge in [0.05, 0.1) is 5.56 Å². The Hall–Kier alpha value is -2.43. The molecule has 2 aromatic rings. The predicted molar refractivity (Wildman–Crippen MR) is 69.7 cm³/mol. The zero-order valence-electron chi connectivity index (χ0n) is 10.4. The zero-order chi connectivity index (χ0) is 13.8. The van der Waals surface area contributed by atoms with Crippen molar-refractivity contribution in [3.63, 3.8) is 0 Å². The van der Waals surface area contributed by atoms with Gasteiger partial charge in [0.25, 0.3) is 0 Å². The smallest absolute Gasteiger partial charge is 0.337 e. The molecule has 0 bridgehead atoms. The number of carbonyl (C=O) groups is 1. The molecule has 0 spiro atoms. The van der Waals surface area contributed by atoms with Crippen molar-refractivity contribution in [2.45, 2.75) is 13.5 Å². The number of carboxylic acids is 1. The van der Waals surface area contributed by atoms with Crippen LogP contribution in [-0.2, 0) is 6.54 Å². The summed E-state index contributed by atoms with van der Waals surface area (Å²) in [6, 6.07) is 5.51. The van der Waals surface area contributed by atoms with Crippen molar-refractivity contribution in [3.05, 3.63) is 59.2 Å². The van der Waals surface area contributed by atoms with E-state index in [1.54, 1.807) is 12.4 Å². The molecule has 5 heteroatoms. The number of rotatable bonds is 4. The van der Waals surface area contributed by atoms with Crippen LogP contribution in [0.5, 0.6) is 0 Å². The molecule has 0 saturated carbocycles. The zero-order valence-corrected chi connectivity index (χ0v) is 10.4. The third-order valence-electron chi connectivity index (χ3n) is 2.82. The third kappa shape index (κ3) is 3.07. The van der Waals surface area contributed by atoms with E-state index >= 15 is 0 Å². The van der Waals surface area contributed by atoms with Crippen LogP contribution in [0.4, 0.5) is 10.1 Å². The normalized spacial score (nSPS) is 10.2. The molecule has 4 nitrogen and oxygen atoms in total. The fraction of sp³-hybridized carbons (Fsp3) is 0.143. The summed E-state index contributed by atoms with van der Waals surface area (Å²) >= 11 is 0. The SMILES string of the molecule is Cc1cnccc1CNc1ccc(F)cc1C(=O)O.